The van der Waals surface area contributed by atoms with Crippen molar-refractivity contribution >= 4 is 38.4 Å². The van der Waals surface area contributed by atoms with Crippen LogP contribution in [0.5, 0.6) is 0 Å². The Labute approximate surface area is 125 Å². The van der Waals surface area contributed by atoms with Crippen LogP contribution in [0.4, 0.5) is 0 Å². The fraction of sp³-hybridized carbons (Fsp3) is 0.125. The summed E-state index contributed by atoms with van der Waals surface area (Å²) in [5, 5.41) is 2.04. The lowest BCUT2D eigenvalue weighted by molar-refractivity contribution is 0.805. The van der Waals surface area contributed by atoms with Crippen molar-refractivity contribution in [1.82, 2.24) is 4.57 Å². The fourth-order valence-electron chi connectivity index (χ4n) is 2.36. The van der Waals surface area contributed by atoms with Gasteiger partial charge in [0.05, 0.1) is 0 Å². The van der Waals surface area contributed by atoms with Crippen LogP contribution in [0.3, 0.4) is 0 Å². The summed E-state index contributed by atoms with van der Waals surface area (Å²) < 4.78 is 3.44. The molecule has 0 bridgehead atoms. The highest BCUT2D eigenvalue weighted by Crippen LogP contribution is 2.24. The molecule has 3 rings (SSSR count). The standard InChI is InChI=1S/C16H13BrClN/c1-11-8-13-9-14(17)4-7-16(13)19(11)10-12-2-5-15(18)6-3-12/h2-9H,10H2,1H3. The first-order chi connectivity index (χ1) is 9.13. The predicted molar refractivity (Wildman–Crippen MR) is 84.9 cm³/mol. The monoisotopic (exact) mass is 333 g/mol. The Morgan fingerprint density at radius 2 is 1.79 bits per heavy atom. The van der Waals surface area contributed by atoms with E-state index in [2.05, 4.69) is 63.8 Å². The number of fused-ring (bicyclic) bond motifs is 1. The van der Waals surface area contributed by atoms with Gasteiger partial charge in [-0.05, 0) is 48.9 Å². The minimum absolute atomic E-state index is 0.779. The summed E-state index contributed by atoms with van der Waals surface area (Å²) >= 11 is 9.44. The van der Waals surface area contributed by atoms with Gasteiger partial charge in [0.15, 0.2) is 0 Å². The van der Waals surface area contributed by atoms with Crippen LogP contribution in [-0.4, -0.2) is 4.57 Å². The van der Waals surface area contributed by atoms with Gasteiger partial charge in [0.25, 0.3) is 0 Å². The van der Waals surface area contributed by atoms with Crippen molar-refractivity contribution in [3.8, 4) is 0 Å². The number of hydrogen-bond acceptors (Lipinski definition) is 0. The third-order valence-electron chi connectivity index (χ3n) is 3.32. The van der Waals surface area contributed by atoms with Gasteiger partial charge in [0, 0.05) is 32.6 Å². The molecule has 2 aromatic carbocycles. The minimum atomic E-state index is 0.779. The topological polar surface area (TPSA) is 4.93 Å². The van der Waals surface area contributed by atoms with Crippen molar-refractivity contribution in [2.45, 2.75) is 13.5 Å². The molecule has 1 nitrogen and oxygen atoms in total. The molecule has 3 aromatic rings. The van der Waals surface area contributed by atoms with E-state index < -0.39 is 0 Å². The molecule has 0 atom stereocenters. The molecule has 0 N–H and O–H groups in total. The van der Waals surface area contributed by atoms with Gasteiger partial charge < -0.3 is 4.57 Å². The van der Waals surface area contributed by atoms with E-state index >= 15 is 0 Å². The minimum Gasteiger partial charge on any atom is -0.340 e. The van der Waals surface area contributed by atoms with Crippen molar-refractivity contribution in [2.24, 2.45) is 0 Å². The summed E-state index contributed by atoms with van der Waals surface area (Å²) in [6.07, 6.45) is 0. The Morgan fingerprint density at radius 3 is 2.53 bits per heavy atom. The average molecular weight is 335 g/mol. The smallest absolute Gasteiger partial charge is 0.0486 e. The molecule has 0 aliphatic rings. The van der Waals surface area contributed by atoms with E-state index in [1.165, 1.54) is 22.2 Å². The molecule has 0 radical (unpaired) electrons. The molecule has 0 spiro atoms. The van der Waals surface area contributed by atoms with Crippen molar-refractivity contribution in [3.63, 3.8) is 0 Å². The van der Waals surface area contributed by atoms with Crippen LogP contribution in [0.25, 0.3) is 10.9 Å². The van der Waals surface area contributed by atoms with Crippen LogP contribution in [-0.2, 0) is 6.54 Å². The quantitative estimate of drug-likeness (QED) is 0.590. The molecule has 3 heteroatoms. The third kappa shape index (κ3) is 2.56. The number of hydrogen-bond donors (Lipinski definition) is 0. The third-order valence-corrected chi connectivity index (χ3v) is 4.07. The van der Waals surface area contributed by atoms with Crippen molar-refractivity contribution in [2.75, 3.05) is 0 Å². The number of aromatic nitrogens is 1. The molecule has 0 fully saturated rings. The van der Waals surface area contributed by atoms with Crippen LogP contribution in [0, 0.1) is 6.92 Å². The Morgan fingerprint density at radius 1 is 1.05 bits per heavy atom. The van der Waals surface area contributed by atoms with Gasteiger partial charge in [0.1, 0.15) is 0 Å². The number of benzene rings is 2. The maximum absolute atomic E-state index is 5.93. The first-order valence-electron chi connectivity index (χ1n) is 6.13. The van der Waals surface area contributed by atoms with Crippen LogP contribution >= 0.6 is 27.5 Å². The maximum atomic E-state index is 5.93. The average Bonchev–Trinajstić information content (AvgIpc) is 2.68. The molecule has 0 aliphatic carbocycles. The summed E-state index contributed by atoms with van der Waals surface area (Å²) in [4.78, 5) is 0. The summed E-state index contributed by atoms with van der Waals surface area (Å²) in [5.74, 6) is 0. The van der Waals surface area contributed by atoms with E-state index in [0.717, 1.165) is 16.0 Å². The molecule has 0 amide bonds. The SMILES string of the molecule is Cc1cc2cc(Br)ccc2n1Cc1ccc(Cl)cc1. The lowest BCUT2D eigenvalue weighted by Gasteiger charge is -2.08. The van der Waals surface area contributed by atoms with Gasteiger partial charge >= 0.3 is 0 Å². The second-order valence-corrected chi connectivity index (χ2v) is 6.05. The highest BCUT2D eigenvalue weighted by atomic mass is 79.9. The summed E-state index contributed by atoms with van der Waals surface area (Å²) in [7, 11) is 0. The first-order valence-corrected chi connectivity index (χ1v) is 7.30. The van der Waals surface area contributed by atoms with Gasteiger partial charge in [-0.2, -0.15) is 0 Å². The fourth-order valence-corrected chi connectivity index (χ4v) is 2.87. The van der Waals surface area contributed by atoms with Gasteiger partial charge in [-0.1, -0.05) is 39.7 Å². The van der Waals surface area contributed by atoms with Gasteiger partial charge in [-0.3, -0.25) is 0 Å². The second-order valence-electron chi connectivity index (χ2n) is 4.70. The molecule has 1 aromatic heterocycles. The van der Waals surface area contributed by atoms with E-state index in [1.54, 1.807) is 0 Å². The molecule has 0 saturated heterocycles. The zero-order chi connectivity index (χ0) is 13.4. The van der Waals surface area contributed by atoms with Gasteiger partial charge in [-0.15, -0.1) is 0 Å². The Hall–Kier alpha value is -1.25. The first kappa shape index (κ1) is 12.8. The lowest BCUT2D eigenvalue weighted by Crippen LogP contribution is -2.01. The molecule has 0 unspecified atom stereocenters. The molecular weight excluding hydrogens is 322 g/mol. The van der Waals surface area contributed by atoms with Crippen LogP contribution < -0.4 is 0 Å². The summed E-state index contributed by atoms with van der Waals surface area (Å²) in [5.41, 5.74) is 3.78. The van der Waals surface area contributed by atoms with E-state index in [9.17, 15) is 0 Å². The van der Waals surface area contributed by atoms with Crippen LogP contribution in [0.15, 0.2) is 53.0 Å². The molecular formula is C16H13BrClN. The Kier molecular flexibility index (Phi) is 3.38. The van der Waals surface area contributed by atoms with E-state index in [-0.39, 0.29) is 0 Å². The second kappa shape index (κ2) is 5.03. The van der Waals surface area contributed by atoms with Crippen molar-refractivity contribution in [3.05, 3.63) is 69.3 Å². The summed E-state index contributed by atoms with van der Waals surface area (Å²) in [6.45, 7) is 3.01. The number of aryl methyl sites for hydroxylation is 1. The zero-order valence-electron chi connectivity index (χ0n) is 10.5. The van der Waals surface area contributed by atoms with E-state index in [4.69, 9.17) is 11.6 Å². The number of rotatable bonds is 2. The molecule has 0 aliphatic heterocycles. The van der Waals surface area contributed by atoms with E-state index in [0.29, 0.717) is 0 Å². The molecule has 19 heavy (non-hydrogen) atoms. The number of nitrogens with zero attached hydrogens (tertiary/aromatic N) is 1. The van der Waals surface area contributed by atoms with Gasteiger partial charge in [0.2, 0.25) is 0 Å². The lowest BCUT2D eigenvalue weighted by atomic mass is 10.2. The molecule has 96 valence electrons. The molecule has 0 saturated carbocycles. The maximum Gasteiger partial charge on any atom is 0.0486 e. The number of halogens is 2. The van der Waals surface area contributed by atoms with E-state index in [1.807, 2.05) is 12.1 Å². The van der Waals surface area contributed by atoms with Crippen LogP contribution in [0.2, 0.25) is 5.02 Å². The highest BCUT2D eigenvalue weighted by molar-refractivity contribution is 9.10. The van der Waals surface area contributed by atoms with Crippen molar-refractivity contribution < 1.29 is 0 Å². The van der Waals surface area contributed by atoms with Gasteiger partial charge in [-0.25, -0.2) is 0 Å². The predicted octanol–water partition coefficient (Wildman–Crippen LogP) is 5.41. The summed E-state index contributed by atoms with van der Waals surface area (Å²) in [6, 6.07) is 16.6. The normalized spacial score (nSPS) is 11.1. The van der Waals surface area contributed by atoms with Crippen molar-refractivity contribution in [1.29, 1.82) is 0 Å². The zero-order valence-corrected chi connectivity index (χ0v) is 12.9. The van der Waals surface area contributed by atoms with Crippen LogP contribution in [0.1, 0.15) is 11.3 Å². The molecule has 1 heterocycles. The highest BCUT2D eigenvalue weighted by Gasteiger charge is 2.06. The largest absolute Gasteiger partial charge is 0.340 e. The Bertz CT molecular complexity index is 728. The Balaban J connectivity index is 2.05.